The van der Waals surface area contributed by atoms with Crippen LogP contribution in [-0.2, 0) is 0 Å². The highest BCUT2D eigenvalue weighted by molar-refractivity contribution is 5.51. The van der Waals surface area contributed by atoms with Gasteiger partial charge in [-0.05, 0) is 59.8 Å². The van der Waals surface area contributed by atoms with E-state index in [1.165, 1.54) is 0 Å². The fourth-order valence-electron chi connectivity index (χ4n) is 5.61. The van der Waals surface area contributed by atoms with Crippen LogP contribution in [0.4, 0.5) is 0 Å². The molecular formula is C70H80N2. The molecule has 2 heteroatoms. The Balaban J connectivity index is 2.72. The lowest BCUT2D eigenvalue weighted by Crippen LogP contribution is -2.11. The Hall–Kier alpha value is -7.14. The third-order valence-corrected chi connectivity index (χ3v) is 10.5. The van der Waals surface area contributed by atoms with Gasteiger partial charge in [0.25, 0.3) is 0 Å². The minimum atomic E-state index is -0.326. The minimum absolute atomic E-state index is 0.207. The normalized spacial score (nSPS) is 11.2. The molecule has 0 bridgehead atoms. The summed E-state index contributed by atoms with van der Waals surface area (Å²) in [6, 6.07) is 7.65. The SMILES string of the molecule is C#CC(=C=C(C#Cc1ccc(C#CC(=C=C(C#CC#CC(=C=C(C#Cc2ccc(C#CC(=C=C(C#C)C(C)(C)C)C(C)(C)C)cn2)C(C)(C)C)C(C)(C)C)C(C)(C)C)C(C)(C)C)nc1)C(C)(C)C)C(C)(C)C. The van der Waals surface area contributed by atoms with E-state index in [0.29, 0.717) is 11.4 Å². The first-order chi connectivity index (χ1) is 32.7. The third-order valence-electron chi connectivity index (χ3n) is 10.5. The topological polar surface area (TPSA) is 25.8 Å². The van der Waals surface area contributed by atoms with Gasteiger partial charge in [-0.25, -0.2) is 9.97 Å². The van der Waals surface area contributed by atoms with Crippen molar-refractivity contribution in [1.29, 1.82) is 0 Å². The van der Waals surface area contributed by atoms with Gasteiger partial charge in [-0.3, -0.25) is 0 Å². The molecule has 0 N–H and O–H groups in total. The van der Waals surface area contributed by atoms with Crippen molar-refractivity contribution >= 4 is 0 Å². The largest absolute Gasteiger partial charge is 0.246 e. The first-order valence-electron chi connectivity index (χ1n) is 24.7. The molecule has 2 heterocycles. The fourth-order valence-corrected chi connectivity index (χ4v) is 5.61. The predicted molar refractivity (Wildman–Crippen MR) is 307 cm³/mol. The summed E-state index contributed by atoms with van der Waals surface area (Å²) in [6.07, 6.45) is 15.2. The van der Waals surface area contributed by atoms with E-state index in [4.69, 9.17) is 12.8 Å². The van der Waals surface area contributed by atoms with Gasteiger partial charge < -0.3 is 0 Å². The first-order valence-corrected chi connectivity index (χ1v) is 24.7. The minimum Gasteiger partial charge on any atom is -0.246 e. The Morgan fingerprint density at radius 2 is 0.528 bits per heavy atom. The molecule has 370 valence electrons. The molecule has 2 aromatic rings. The number of hydrogen-bond acceptors (Lipinski definition) is 2. The first kappa shape index (κ1) is 61.0. The van der Waals surface area contributed by atoms with E-state index in [1.54, 1.807) is 12.4 Å². The lowest BCUT2D eigenvalue weighted by molar-refractivity contribution is 0.508. The number of hydrogen-bond donors (Lipinski definition) is 0. The number of terminal acetylenes is 2. The second kappa shape index (κ2) is 23.8. The lowest BCUT2D eigenvalue weighted by atomic mass is 9.82. The second-order valence-electron chi connectivity index (χ2n) is 26.2. The van der Waals surface area contributed by atoms with Crippen LogP contribution in [-0.4, -0.2) is 9.97 Å². The molecule has 2 rings (SSSR count). The Kier molecular flexibility index (Phi) is 20.2. The van der Waals surface area contributed by atoms with Crippen LogP contribution in [0.3, 0.4) is 0 Å². The van der Waals surface area contributed by atoms with E-state index < -0.39 is 0 Å². The molecule has 0 amide bonds. The molecule has 0 radical (unpaired) electrons. The monoisotopic (exact) mass is 949 g/mol. The van der Waals surface area contributed by atoms with Crippen LogP contribution in [0, 0.1) is 139 Å². The standard InChI is InChI=1S/C70H80N2/c1-27-53(63(3,4)5)45-57(67(15,16)17)37-33-51-35-41-61(71-49-51)43-39-59(69(21,22)23)47-55(65(9,10)11)31-29-30-32-56(66(12,13)14)48-60(70(24,25)26)40-44-62-42-36-52(50-72-62)34-38-58(68(18,19)20)46-54(28-2)64(6,7)8/h1-2,35-36,41-42,49-50H,3-26H3. The van der Waals surface area contributed by atoms with Gasteiger partial charge in [0.15, 0.2) is 0 Å². The molecule has 0 saturated carbocycles. The van der Waals surface area contributed by atoms with Gasteiger partial charge in [0.2, 0.25) is 0 Å². The van der Waals surface area contributed by atoms with Crippen LogP contribution in [0.25, 0.3) is 0 Å². The fraction of sp³-hybridized carbons (Fsp3) is 0.457. The highest BCUT2D eigenvalue weighted by Gasteiger charge is 2.23. The molecule has 0 aliphatic rings. The van der Waals surface area contributed by atoms with Gasteiger partial charge in [0.05, 0.1) is 33.4 Å². The predicted octanol–water partition coefficient (Wildman–Crippen LogP) is 16.0. The summed E-state index contributed by atoms with van der Waals surface area (Å²) in [5, 5.41) is 0. The Morgan fingerprint density at radius 3 is 0.736 bits per heavy atom. The van der Waals surface area contributed by atoms with Crippen LogP contribution < -0.4 is 0 Å². The molecule has 0 saturated heterocycles. The van der Waals surface area contributed by atoms with Crippen molar-refractivity contribution in [2.75, 3.05) is 0 Å². The van der Waals surface area contributed by atoms with Gasteiger partial charge in [-0.2, -0.15) is 0 Å². The summed E-state index contributed by atoms with van der Waals surface area (Å²) in [7, 11) is 0. The zero-order chi connectivity index (χ0) is 55.3. The highest BCUT2D eigenvalue weighted by Crippen LogP contribution is 2.32. The number of pyridine rings is 2. The number of rotatable bonds is 0. The Labute approximate surface area is 439 Å². The number of allylic oxidation sites excluding steroid dienone is 4. The maximum absolute atomic E-state index is 5.86. The molecule has 0 unspecified atom stereocenters. The Morgan fingerprint density at radius 1 is 0.306 bits per heavy atom. The lowest BCUT2D eigenvalue weighted by Gasteiger charge is -2.20. The summed E-state index contributed by atoms with van der Waals surface area (Å²) in [6.45, 7) is 50.6. The van der Waals surface area contributed by atoms with Crippen LogP contribution >= 0.6 is 0 Å². The molecule has 2 nitrogen and oxygen atoms in total. The highest BCUT2D eigenvalue weighted by atomic mass is 14.7. The maximum Gasteiger partial charge on any atom is 0.113 e. The van der Waals surface area contributed by atoms with E-state index in [1.807, 2.05) is 24.3 Å². The summed E-state index contributed by atoms with van der Waals surface area (Å²) in [5.41, 5.74) is 21.2. The zero-order valence-electron chi connectivity index (χ0n) is 48.5. The smallest absolute Gasteiger partial charge is 0.113 e. The van der Waals surface area contributed by atoms with E-state index >= 15 is 0 Å². The van der Waals surface area contributed by atoms with Crippen LogP contribution in [0.1, 0.15) is 189 Å². The van der Waals surface area contributed by atoms with Crippen molar-refractivity contribution in [3.63, 3.8) is 0 Å². The van der Waals surface area contributed by atoms with E-state index in [9.17, 15) is 0 Å². The van der Waals surface area contributed by atoms with Gasteiger partial charge in [-0.15, -0.1) is 12.8 Å². The van der Waals surface area contributed by atoms with Crippen molar-refractivity contribution in [2.24, 2.45) is 43.3 Å². The van der Waals surface area contributed by atoms with Gasteiger partial charge in [-0.1, -0.05) is 236 Å². The molecule has 0 fully saturated rings. The molecule has 72 heavy (non-hydrogen) atoms. The average Bonchev–Trinajstić information content (AvgIpc) is 3.21. The summed E-state index contributed by atoms with van der Waals surface area (Å²) in [5.74, 6) is 45.0. The van der Waals surface area contributed by atoms with Crippen LogP contribution in [0.2, 0.25) is 0 Å². The maximum atomic E-state index is 5.86. The summed E-state index contributed by atoms with van der Waals surface area (Å²) in [4.78, 5) is 9.28. The van der Waals surface area contributed by atoms with Crippen molar-refractivity contribution in [2.45, 2.75) is 166 Å². The van der Waals surface area contributed by atoms with Crippen molar-refractivity contribution in [3.8, 4) is 95.7 Å². The van der Waals surface area contributed by atoms with Gasteiger partial charge in [0.1, 0.15) is 11.4 Å². The van der Waals surface area contributed by atoms with E-state index in [-0.39, 0.29) is 43.3 Å². The molecule has 0 spiro atoms. The average molecular weight is 949 g/mol. The van der Waals surface area contributed by atoms with E-state index in [2.05, 4.69) is 282 Å². The third kappa shape index (κ3) is 20.7. The zero-order valence-corrected chi connectivity index (χ0v) is 48.5. The van der Waals surface area contributed by atoms with Crippen molar-refractivity contribution in [3.05, 3.63) is 127 Å². The molecule has 0 aromatic carbocycles. The molecular weight excluding hydrogens is 869 g/mol. The quantitative estimate of drug-likeness (QED) is 0.194. The van der Waals surface area contributed by atoms with Crippen LogP contribution in [0.15, 0.2) is 104 Å². The molecule has 0 aliphatic heterocycles. The summed E-state index contributed by atoms with van der Waals surface area (Å²) < 4.78 is 0. The summed E-state index contributed by atoms with van der Waals surface area (Å²) >= 11 is 0. The molecule has 0 aliphatic carbocycles. The van der Waals surface area contributed by atoms with Gasteiger partial charge in [0, 0.05) is 78.0 Å². The molecule has 2 aromatic heterocycles. The number of nitrogens with zero attached hydrogens (tertiary/aromatic N) is 2. The van der Waals surface area contributed by atoms with Crippen LogP contribution in [0.5, 0.6) is 0 Å². The number of aromatic nitrogens is 2. The van der Waals surface area contributed by atoms with Crippen molar-refractivity contribution in [1.82, 2.24) is 9.97 Å². The van der Waals surface area contributed by atoms with Gasteiger partial charge >= 0.3 is 0 Å². The molecule has 0 atom stereocenters. The van der Waals surface area contributed by atoms with Crippen molar-refractivity contribution < 1.29 is 0 Å². The second-order valence-corrected chi connectivity index (χ2v) is 26.2. The Bertz CT molecular complexity index is 2930. The van der Waals surface area contributed by atoms with E-state index in [0.717, 1.165) is 55.7 Å².